The highest BCUT2D eigenvalue weighted by atomic mass is 19.4. The zero-order valence-electron chi connectivity index (χ0n) is 8.65. The summed E-state index contributed by atoms with van der Waals surface area (Å²) in [7, 11) is 1.51. The molecule has 0 saturated heterocycles. The standard InChI is InChI=1S/C8H15F3N2O2/c1-6(15-2)3-12-4-7(14)13-5-8(9,10)11/h6,12H,3-5H2,1-2H3,(H,13,14). The Bertz CT molecular complexity index is 197. The smallest absolute Gasteiger partial charge is 0.380 e. The van der Waals surface area contributed by atoms with E-state index in [4.69, 9.17) is 4.74 Å². The van der Waals surface area contributed by atoms with Crippen molar-refractivity contribution in [2.75, 3.05) is 26.7 Å². The Morgan fingerprint density at radius 2 is 2.07 bits per heavy atom. The number of carbonyl (C=O) groups excluding carboxylic acids is 1. The SMILES string of the molecule is COC(C)CNCC(=O)NCC(F)(F)F. The van der Waals surface area contributed by atoms with Crippen molar-refractivity contribution in [3.8, 4) is 0 Å². The van der Waals surface area contributed by atoms with Crippen LogP contribution in [0, 0.1) is 0 Å². The van der Waals surface area contributed by atoms with Crippen molar-refractivity contribution in [2.24, 2.45) is 0 Å². The number of alkyl halides is 3. The van der Waals surface area contributed by atoms with E-state index in [9.17, 15) is 18.0 Å². The Morgan fingerprint density at radius 1 is 1.47 bits per heavy atom. The zero-order valence-corrected chi connectivity index (χ0v) is 8.65. The minimum atomic E-state index is -4.37. The quantitative estimate of drug-likeness (QED) is 0.687. The molecule has 0 bridgehead atoms. The lowest BCUT2D eigenvalue weighted by Crippen LogP contribution is -2.40. The molecule has 0 saturated carbocycles. The number of halogens is 3. The number of amides is 1. The molecule has 90 valence electrons. The van der Waals surface area contributed by atoms with Gasteiger partial charge in [0.15, 0.2) is 0 Å². The summed E-state index contributed by atoms with van der Waals surface area (Å²) in [5.41, 5.74) is 0. The molecule has 7 heteroatoms. The van der Waals surface area contributed by atoms with Crippen LogP contribution in [0.2, 0.25) is 0 Å². The maximum atomic E-state index is 11.7. The van der Waals surface area contributed by atoms with Crippen LogP contribution in [-0.4, -0.2) is 44.9 Å². The van der Waals surface area contributed by atoms with Gasteiger partial charge < -0.3 is 15.4 Å². The molecular formula is C8H15F3N2O2. The summed E-state index contributed by atoms with van der Waals surface area (Å²) in [6.45, 7) is 0.744. The Hall–Kier alpha value is -0.820. The first kappa shape index (κ1) is 14.2. The number of rotatable bonds is 6. The molecule has 1 atom stereocenters. The van der Waals surface area contributed by atoms with E-state index in [2.05, 4.69) is 5.32 Å². The van der Waals surface area contributed by atoms with Gasteiger partial charge in [-0.1, -0.05) is 0 Å². The van der Waals surface area contributed by atoms with E-state index >= 15 is 0 Å². The van der Waals surface area contributed by atoms with Crippen LogP contribution in [0.4, 0.5) is 13.2 Å². The Balaban J connectivity index is 3.50. The van der Waals surface area contributed by atoms with Crippen LogP contribution >= 0.6 is 0 Å². The maximum absolute atomic E-state index is 11.7. The molecule has 0 spiro atoms. The van der Waals surface area contributed by atoms with Gasteiger partial charge in [0.2, 0.25) is 5.91 Å². The maximum Gasteiger partial charge on any atom is 0.405 e. The molecule has 0 aromatic heterocycles. The van der Waals surface area contributed by atoms with Gasteiger partial charge in [-0.2, -0.15) is 13.2 Å². The molecule has 15 heavy (non-hydrogen) atoms. The number of hydrogen-bond donors (Lipinski definition) is 2. The fourth-order valence-corrected chi connectivity index (χ4v) is 0.734. The van der Waals surface area contributed by atoms with Crippen LogP contribution in [0.15, 0.2) is 0 Å². The third-order valence-corrected chi connectivity index (χ3v) is 1.61. The third-order valence-electron chi connectivity index (χ3n) is 1.61. The molecular weight excluding hydrogens is 213 g/mol. The molecule has 0 rings (SSSR count). The summed E-state index contributed by atoms with van der Waals surface area (Å²) >= 11 is 0. The van der Waals surface area contributed by atoms with Crippen molar-refractivity contribution in [3.63, 3.8) is 0 Å². The second-order valence-corrected chi connectivity index (χ2v) is 3.07. The van der Waals surface area contributed by atoms with Crippen molar-refractivity contribution in [1.29, 1.82) is 0 Å². The van der Waals surface area contributed by atoms with Gasteiger partial charge >= 0.3 is 6.18 Å². The molecule has 0 aliphatic heterocycles. The first-order valence-electron chi connectivity index (χ1n) is 4.42. The summed E-state index contributed by atoms with van der Waals surface area (Å²) in [5, 5.41) is 4.41. The third kappa shape index (κ3) is 9.48. The highest BCUT2D eigenvalue weighted by Gasteiger charge is 2.27. The lowest BCUT2D eigenvalue weighted by Gasteiger charge is -2.11. The monoisotopic (exact) mass is 228 g/mol. The van der Waals surface area contributed by atoms with Gasteiger partial charge in [-0.3, -0.25) is 4.79 Å². The van der Waals surface area contributed by atoms with E-state index in [-0.39, 0.29) is 12.6 Å². The fraction of sp³-hybridized carbons (Fsp3) is 0.875. The minimum absolute atomic E-state index is 0.0829. The molecule has 2 N–H and O–H groups in total. The minimum Gasteiger partial charge on any atom is -0.380 e. The molecule has 0 radical (unpaired) electrons. The van der Waals surface area contributed by atoms with Crippen LogP contribution in [0.3, 0.4) is 0 Å². The zero-order chi connectivity index (χ0) is 11.9. The van der Waals surface area contributed by atoms with E-state index in [1.54, 1.807) is 12.2 Å². The fourth-order valence-electron chi connectivity index (χ4n) is 0.734. The second-order valence-electron chi connectivity index (χ2n) is 3.07. The van der Waals surface area contributed by atoms with Crippen LogP contribution < -0.4 is 10.6 Å². The van der Waals surface area contributed by atoms with Crippen molar-refractivity contribution in [1.82, 2.24) is 10.6 Å². The number of carbonyl (C=O) groups is 1. The lowest BCUT2D eigenvalue weighted by molar-refractivity contribution is -0.137. The predicted molar refractivity (Wildman–Crippen MR) is 48.4 cm³/mol. The molecule has 1 unspecified atom stereocenters. The summed E-state index contributed by atoms with van der Waals surface area (Å²) in [5.74, 6) is -0.685. The van der Waals surface area contributed by atoms with Gasteiger partial charge in [0.1, 0.15) is 6.54 Å². The van der Waals surface area contributed by atoms with Gasteiger partial charge in [-0.15, -0.1) is 0 Å². The molecule has 0 aromatic rings. The van der Waals surface area contributed by atoms with E-state index in [0.29, 0.717) is 6.54 Å². The average Bonchev–Trinajstić information content (AvgIpc) is 2.13. The first-order chi connectivity index (χ1) is 6.85. The molecule has 0 aliphatic rings. The molecule has 0 aromatic carbocycles. The van der Waals surface area contributed by atoms with Crippen molar-refractivity contribution < 1.29 is 22.7 Å². The van der Waals surface area contributed by atoms with Crippen LogP contribution in [0.1, 0.15) is 6.92 Å². The molecule has 0 heterocycles. The summed E-state index contributed by atoms with van der Waals surface area (Å²) < 4.78 is 39.9. The van der Waals surface area contributed by atoms with Crippen molar-refractivity contribution >= 4 is 5.91 Å². The van der Waals surface area contributed by atoms with Gasteiger partial charge in [-0.25, -0.2) is 0 Å². The Morgan fingerprint density at radius 3 is 2.53 bits per heavy atom. The summed E-state index contributed by atoms with van der Waals surface area (Å²) in [6.07, 6.45) is -4.45. The van der Waals surface area contributed by atoms with Crippen LogP contribution in [0.25, 0.3) is 0 Å². The topological polar surface area (TPSA) is 50.4 Å². The summed E-state index contributed by atoms with van der Waals surface area (Å²) in [4.78, 5) is 10.8. The number of nitrogens with one attached hydrogen (secondary N) is 2. The van der Waals surface area contributed by atoms with Gasteiger partial charge in [-0.05, 0) is 6.92 Å². The Kier molecular flexibility index (Phi) is 6.26. The van der Waals surface area contributed by atoms with Crippen molar-refractivity contribution in [3.05, 3.63) is 0 Å². The molecule has 4 nitrogen and oxygen atoms in total. The van der Waals surface area contributed by atoms with Gasteiger partial charge in [0.05, 0.1) is 12.6 Å². The van der Waals surface area contributed by atoms with Crippen LogP contribution in [-0.2, 0) is 9.53 Å². The normalized spacial score (nSPS) is 13.7. The molecule has 1 amide bonds. The predicted octanol–water partition coefficient (Wildman–Crippen LogP) is 0.289. The Labute approximate surface area is 86.2 Å². The average molecular weight is 228 g/mol. The summed E-state index contributed by atoms with van der Waals surface area (Å²) in [6, 6.07) is 0. The largest absolute Gasteiger partial charge is 0.405 e. The highest BCUT2D eigenvalue weighted by Crippen LogP contribution is 2.11. The van der Waals surface area contributed by atoms with E-state index in [0.717, 1.165) is 0 Å². The number of ether oxygens (including phenoxy) is 1. The molecule has 0 fully saturated rings. The molecule has 0 aliphatic carbocycles. The van der Waals surface area contributed by atoms with Gasteiger partial charge in [0, 0.05) is 13.7 Å². The van der Waals surface area contributed by atoms with E-state index < -0.39 is 18.6 Å². The lowest BCUT2D eigenvalue weighted by atomic mass is 10.4. The number of hydrogen-bond acceptors (Lipinski definition) is 3. The second kappa shape index (κ2) is 6.62. The highest BCUT2D eigenvalue weighted by molar-refractivity contribution is 5.77. The first-order valence-corrected chi connectivity index (χ1v) is 4.42. The number of methoxy groups -OCH3 is 1. The van der Waals surface area contributed by atoms with Crippen LogP contribution in [0.5, 0.6) is 0 Å². The van der Waals surface area contributed by atoms with Gasteiger partial charge in [0.25, 0.3) is 0 Å². The van der Waals surface area contributed by atoms with E-state index in [1.807, 2.05) is 0 Å². The van der Waals surface area contributed by atoms with E-state index in [1.165, 1.54) is 7.11 Å². The van der Waals surface area contributed by atoms with Crippen molar-refractivity contribution in [2.45, 2.75) is 19.2 Å².